The number of rotatable bonds is 11. The number of anilines is 5. The summed E-state index contributed by atoms with van der Waals surface area (Å²) in [6.07, 6.45) is 4.89. The maximum absolute atomic E-state index is 13.7. The molecule has 0 bridgehead atoms. The van der Waals surface area contributed by atoms with Crippen LogP contribution in [-0.2, 0) is 11.3 Å². The number of ether oxygens (including phenoxy) is 1. The van der Waals surface area contributed by atoms with Crippen LogP contribution in [0.25, 0.3) is 0 Å². The number of hydrogen-bond donors (Lipinski definition) is 2. The van der Waals surface area contributed by atoms with Gasteiger partial charge in [0, 0.05) is 50.0 Å². The summed E-state index contributed by atoms with van der Waals surface area (Å²) in [7, 11) is 7.60. The van der Waals surface area contributed by atoms with Crippen LogP contribution in [0.2, 0.25) is 0 Å². The van der Waals surface area contributed by atoms with Crippen LogP contribution in [0.1, 0.15) is 32.3 Å². The number of nitrogens with one attached hydrogen (secondary N) is 2. The largest absolute Gasteiger partial charge is 0.494 e. The lowest BCUT2D eigenvalue weighted by molar-refractivity contribution is -0.111. The molecule has 0 atom stereocenters. The van der Waals surface area contributed by atoms with Crippen LogP contribution in [-0.4, -0.2) is 96.6 Å². The van der Waals surface area contributed by atoms with Crippen molar-refractivity contribution in [1.82, 2.24) is 19.8 Å². The second-order valence-corrected chi connectivity index (χ2v) is 12.1. The fourth-order valence-corrected chi connectivity index (χ4v) is 6.04. The number of aromatic nitrogens is 2. The van der Waals surface area contributed by atoms with Gasteiger partial charge in [0.05, 0.1) is 30.7 Å². The van der Waals surface area contributed by atoms with Crippen molar-refractivity contribution < 1.29 is 14.3 Å². The van der Waals surface area contributed by atoms with Crippen LogP contribution in [0.5, 0.6) is 5.75 Å². The van der Waals surface area contributed by atoms with E-state index in [0.717, 1.165) is 48.7 Å². The van der Waals surface area contributed by atoms with E-state index in [-0.39, 0.29) is 24.0 Å². The highest BCUT2D eigenvalue weighted by Gasteiger charge is 2.38. The maximum Gasteiger partial charge on any atom is 0.326 e. The minimum absolute atomic E-state index is 0.00818. The van der Waals surface area contributed by atoms with Gasteiger partial charge in [0.15, 0.2) is 0 Å². The van der Waals surface area contributed by atoms with Crippen molar-refractivity contribution >= 4 is 52.5 Å². The molecule has 1 fully saturated rings. The molecule has 2 aromatic rings. The third-order valence-corrected chi connectivity index (χ3v) is 8.39. The predicted molar refractivity (Wildman–Crippen MR) is 168 cm³/mol. The summed E-state index contributed by atoms with van der Waals surface area (Å²) >= 11 is 1.92. The summed E-state index contributed by atoms with van der Waals surface area (Å²) in [6.45, 7) is 9.70. The van der Waals surface area contributed by atoms with Crippen molar-refractivity contribution in [3.05, 3.63) is 36.5 Å². The van der Waals surface area contributed by atoms with Gasteiger partial charge in [0.2, 0.25) is 11.9 Å². The van der Waals surface area contributed by atoms with Gasteiger partial charge in [-0.1, -0.05) is 6.58 Å². The van der Waals surface area contributed by atoms with E-state index in [1.807, 2.05) is 68.7 Å². The van der Waals surface area contributed by atoms with Crippen molar-refractivity contribution in [2.45, 2.75) is 45.3 Å². The van der Waals surface area contributed by atoms with Crippen LogP contribution in [0, 0.1) is 0 Å². The number of methoxy groups -OCH3 is 1. The van der Waals surface area contributed by atoms with E-state index in [1.54, 1.807) is 13.3 Å². The van der Waals surface area contributed by atoms with Crippen molar-refractivity contribution in [1.29, 1.82) is 0 Å². The van der Waals surface area contributed by atoms with Crippen LogP contribution in [0.4, 0.5) is 33.6 Å². The summed E-state index contributed by atoms with van der Waals surface area (Å²) in [5, 5.41) is 6.21. The Bertz CT molecular complexity index is 1260. The molecule has 0 aliphatic carbocycles. The second-order valence-electron chi connectivity index (χ2n) is 10.9. The smallest absolute Gasteiger partial charge is 0.326 e. The zero-order valence-electron chi connectivity index (χ0n) is 24.9. The van der Waals surface area contributed by atoms with Crippen LogP contribution >= 0.6 is 11.8 Å². The van der Waals surface area contributed by atoms with E-state index in [4.69, 9.17) is 9.72 Å². The minimum Gasteiger partial charge on any atom is -0.494 e. The Balaban J connectivity index is 1.71. The molecule has 1 aromatic heterocycles. The average molecular weight is 583 g/mol. The Labute approximate surface area is 247 Å². The summed E-state index contributed by atoms with van der Waals surface area (Å²) < 4.78 is 5.75. The topological polar surface area (TPSA) is 106 Å². The van der Waals surface area contributed by atoms with Gasteiger partial charge in [-0.25, -0.2) is 9.78 Å². The molecule has 2 aliphatic heterocycles. The van der Waals surface area contributed by atoms with Crippen LogP contribution in [0.3, 0.4) is 0 Å². The zero-order valence-corrected chi connectivity index (χ0v) is 25.8. The van der Waals surface area contributed by atoms with E-state index >= 15 is 0 Å². The molecular formula is C29H42N8O3S. The van der Waals surface area contributed by atoms with Crippen molar-refractivity contribution in [3.63, 3.8) is 0 Å². The highest BCUT2D eigenvalue weighted by Crippen LogP contribution is 2.39. The molecule has 2 aliphatic rings. The SMILES string of the molecule is C=CC(=O)Nc1cc(Nc2ncc3c(n2)N(C2CCSCC2)C(=O)N(C(C)C)C3)c(OC)cc1N(C)CCN(C)C. The first kappa shape index (κ1) is 30.4. The molecule has 1 saturated heterocycles. The lowest BCUT2D eigenvalue weighted by Gasteiger charge is -2.42. The van der Waals surface area contributed by atoms with E-state index in [9.17, 15) is 9.59 Å². The van der Waals surface area contributed by atoms with Gasteiger partial charge in [-0.2, -0.15) is 16.7 Å². The highest BCUT2D eigenvalue weighted by atomic mass is 32.2. The molecule has 0 unspecified atom stereocenters. The molecule has 0 radical (unpaired) electrons. The Morgan fingerprint density at radius 2 is 1.95 bits per heavy atom. The average Bonchev–Trinajstić information content (AvgIpc) is 2.96. The summed E-state index contributed by atoms with van der Waals surface area (Å²) in [6, 6.07) is 3.85. The number of thioether (sulfide) groups is 1. The van der Waals surface area contributed by atoms with Crippen LogP contribution < -0.4 is 25.2 Å². The standard InChI is InChI=1S/C29H42N8O3S/c1-8-26(38)31-22-15-23(25(40-7)16-24(22)35(6)12-11-34(4)5)32-28-30-17-20-18-36(19(2)3)29(39)37(27(20)33-28)21-9-13-41-14-10-21/h8,15-17,19,21H,1,9-14,18H2,2-7H3,(H,31,38)(H,30,32,33). The fourth-order valence-electron chi connectivity index (χ4n) is 4.96. The number of carbonyl (C=O) groups is 2. The monoisotopic (exact) mass is 582 g/mol. The predicted octanol–water partition coefficient (Wildman–Crippen LogP) is 4.40. The fraction of sp³-hybridized carbons (Fsp3) is 0.517. The Morgan fingerprint density at radius 1 is 1.22 bits per heavy atom. The molecule has 3 heterocycles. The molecule has 222 valence electrons. The lowest BCUT2D eigenvalue weighted by atomic mass is 10.1. The Hall–Kier alpha value is -3.51. The normalized spacial score (nSPS) is 15.7. The molecule has 4 rings (SSSR count). The third-order valence-electron chi connectivity index (χ3n) is 7.34. The van der Waals surface area contributed by atoms with E-state index in [2.05, 4.69) is 32.0 Å². The van der Waals surface area contributed by atoms with Gasteiger partial charge >= 0.3 is 6.03 Å². The molecule has 3 amide bonds. The van der Waals surface area contributed by atoms with Crippen molar-refractivity contribution in [2.24, 2.45) is 0 Å². The molecule has 0 saturated carbocycles. The van der Waals surface area contributed by atoms with Gasteiger partial charge in [-0.05, 0) is 64.4 Å². The molecule has 2 N–H and O–H groups in total. The Morgan fingerprint density at radius 3 is 2.59 bits per heavy atom. The highest BCUT2D eigenvalue weighted by molar-refractivity contribution is 7.99. The molecule has 11 nitrogen and oxygen atoms in total. The number of carbonyl (C=O) groups excluding carboxylic acids is 2. The van der Waals surface area contributed by atoms with E-state index in [1.165, 1.54) is 6.08 Å². The maximum atomic E-state index is 13.7. The first-order chi connectivity index (χ1) is 19.6. The Kier molecular flexibility index (Phi) is 9.98. The molecule has 41 heavy (non-hydrogen) atoms. The first-order valence-corrected chi connectivity index (χ1v) is 15.1. The number of likely N-dealkylation sites (N-methyl/N-ethyl adjacent to an activating group) is 2. The van der Waals surface area contributed by atoms with Gasteiger partial charge in [-0.15, -0.1) is 0 Å². The van der Waals surface area contributed by atoms with Crippen molar-refractivity contribution in [2.75, 3.05) is 73.3 Å². The minimum atomic E-state index is -0.317. The number of fused-ring (bicyclic) bond motifs is 1. The summed E-state index contributed by atoms with van der Waals surface area (Å²) in [5.41, 5.74) is 2.91. The van der Waals surface area contributed by atoms with Crippen LogP contribution in [0.15, 0.2) is 31.0 Å². The number of benzene rings is 1. The zero-order chi connectivity index (χ0) is 29.7. The van der Waals surface area contributed by atoms with E-state index < -0.39 is 0 Å². The third kappa shape index (κ3) is 7.05. The number of amides is 3. The van der Waals surface area contributed by atoms with Gasteiger partial charge < -0.3 is 30.1 Å². The van der Waals surface area contributed by atoms with E-state index in [0.29, 0.717) is 35.4 Å². The van der Waals surface area contributed by atoms with Gasteiger partial charge in [0.1, 0.15) is 11.6 Å². The first-order valence-electron chi connectivity index (χ1n) is 13.9. The molecule has 1 aromatic carbocycles. The van der Waals surface area contributed by atoms with Crippen molar-refractivity contribution in [3.8, 4) is 5.75 Å². The van der Waals surface area contributed by atoms with Gasteiger partial charge in [0.25, 0.3) is 0 Å². The molecule has 12 heteroatoms. The molecule has 0 spiro atoms. The number of nitrogens with zero attached hydrogens (tertiary/aromatic N) is 6. The second kappa shape index (κ2) is 13.4. The lowest BCUT2D eigenvalue weighted by Crippen LogP contribution is -2.55. The summed E-state index contributed by atoms with van der Waals surface area (Å²) in [5.74, 6) is 3.29. The number of urea groups is 1. The quantitative estimate of drug-likeness (QED) is 0.373. The summed E-state index contributed by atoms with van der Waals surface area (Å²) in [4.78, 5) is 43.4. The van der Waals surface area contributed by atoms with Gasteiger partial charge in [-0.3, -0.25) is 9.69 Å². The molecular weight excluding hydrogens is 540 g/mol. The number of hydrogen-bond acceptors (Lipinski definition) is 9.